The van der Waals surface area contributed by atoms with Gasteiger partial charge in [-0.15, -0.1) is 0 Å². The smallest absolute Gasteiger partial charge is 0.339 e. The lowest BCUT2D eigenvalue weighted by atomic mass is 10.1. The number of ether oxygens (including phenoxy) is 1. The minimum absolute atomic E-state index is 0.208. The van der Waals surface area contributed by atoms with Crippen molar-refractivity contribution in [2.24, 2.45) is 0 Å². The van der Waals surface area contributed by atoms with Crippen molar-refractivity contribution in [2.45, 2.75) is 13.0 Å². The average Bonchev–Trinajstić information content (AvgIpc) is 2.60. The fourth-order valence-electron chi connectivity index (χ4n) is 2.07. The molecule has 130 valence electrons. The summed E-state index contributed by atoms with van der Waals surface area (Å²) in [6, 6.07) is 14.0. The number of benzene rings is 2. The highest BCUT2D eigenvalue weighted by atomic mass is 35.5. The Bertz CT molecular complexity index is 765. The lowest BCUT2D eigenvalue weighted by Crippen LogP contribution is -2.42. The van der Waals surface area contributed by atoms with Gasteiger partial charge in [0.1, 0.15) is 0 Å². The third-order valence-electron chi connectivity index (χ3n) is 3.20. The number of esters is 1. The van der Waals surface area contributed by atoms with Crippen LogP contribution in [0.4, 0.5) is 4.79 Å². The van der Waals surface area contributed by atoms with E-state index in [2.05, 4.69) is 10.6 Å². The van der Waals surface area contributed by atoms with Gasteiger partial charge in [0.25, 0.3) is 5.91 Å². The van der Waals surface area contributed by atoms with E-state index in [1.807, 2.05) is 0 Å². The maximum absolute atomic E-state index is 12.4. The molecule has 6 nitrogen and oxygen atoms in total. The molecule has 25 heavy (non-hydrogen) atoms. The molecule has 0 fully saturated rings. The molecule has 2 aromatic carbocycles. The first-order valence-corrected chi connectivity index (χ1v) is 7.99. The molecule has 0 bridgehead atoms. The Kier molecular flexibility index (Phi) is 6.54. The molecule has 0 spiro atoms. The molecule has 3 amide bonds. The van der Waals surface area contributed by atoms with Gasteiger partial charge in [0.2, 0.25) is 6.10 Å². The molecule has 0 saturated carbocycles. The Labute approximate surface area is 150 Å². The molecular formula is C18H17ClN2O4. The predicted octanol–water partition coefficient (Wildman–Crippen LogP) is 3.08. The SMILES string of the molecule is CCNC(=O)NC(=O)[C@H](OC(=O)c1cccc(Cl)c1)c1ccccc1. The normalized spacial score (nSPS) is 11.3. The number of nitrogens with one attached hydrogen (secondary N) is 2. The molecule has 2 N–H and O–H groups in total. The van der Waals surface area contributed by atoms with Crippen LogP contribution in [0.15, 0.2) is 54.6 Å². The molecule has 2 rings (SSSR count). The van der Waals surface area contributed by atoms with Gasteiger partial charge in [-0.05, 0) is 25.1 Å². The fourth-order valence-corrected chi connectivity index (χ4v) is 2.26. The van der Waals surface area contributed by atoms with Crippen LogP contribution in [0.25, 0.3) is 0 Å². The van der Waals surface area contributed by atoms with Crippen LogP contribution >= 0.6 is 11.6 Å². The van der Waals surface area contributed by atoms with E-state index in [-0.39, 0.29) is 5.56 Å². The van der Waals surface area contributed by atoms with Gasteiger partial charge in [-0.2, -0.15) is 0 Å². The van der Waals surface area contributed by atoms with Gasteiger partial charge in [-0.1, -0.05) is 48.0 Å². The predicted molar refractivity (Wildman–Crippen MR) is 93.3 cm³/mol. The molecule has 0 aliphatic rings. The van der Waals surface area contributed by atoms with Crippen LogP contribution in [0.2, 0.25) is 5.02 Å². The quantitative estimate of drug-likeness (QED) is 0.802. The fraction of sp³-hybridized carbons (Fsp3) is 0.167. The van der Waals surface area contributed by atoms with Crippen molar-refractivity contribution in [1.82, 2.24) is 10.6 Å². The summed E-state index contributed by atoms with van der Waals surface area (Å²) in [4.78, 5) is 36.3. The van der Waals surface area contributed by atoms with Gasteiger partial charge < -0.3 is 10.1 Å². The number of carbonyl (C=O) groups is 3. The molecule has 0 aromatic heterocycles. The van der Waals surface area contributed by atoms with Crippen LogP contribution in [0, 0.1) is 0 Å². The Hall–Kier alpha value is -2.86. The van der Waals surface area contributed by atoms with Crippen molar-refractivity contribution in [1.29, 1.82) is 0 Å². The monoisotopic (exact) mass is 360 g/mol. The molecule has 0 heterocycles. The van der Waals surface area contributed by atoms with Crippen molar-refractivity contribution in [3.05, 3.63) is 70.7 Å². The lowest BCUT2D eigenvalue weighted by Gasteiger charge is -2.17. The Morgan fingerprint density at radius 1 is 1.08 bits per heavy atom. The molecule has 0 aliphatic heterocycles. The number of hydrogen-bond donors (Lipinski definition) is 2. The lowest BCUT2D eigenvalue weighted by molar-refractivity contribution is -0.129. The molecule has 0 aliphatic carbocycles. The van der Waals surface area contributed by atoms with E-state index in [9.17, 15) is 14.4 Å². The van der Waals surface area contributed by atoms with E-state index in [1.54, 1.807) is 49.4 Å². The second-order valence-corrected chi connectivity index (χ2v) is 5.49. The largest absolute Gasteiger partial charge is 0.444 e. The van der Waals surface area contributed by atoms with Crippen LogP contribution < -0.4 is 10.6 Å². The van der Waals surface area contributed by atoms with E-state index in [4.69, 9.17) is 16.3 Å². The van der Waals surface area contributed by atoms with Gasteiger partial charge >= 0.3 is 12.0 Å². The van der Waals surface area contributed by atoms with Crippen LogP contribution in [-0.2, 0) is 9.53 Å². The van der Waals surface area contributed by atoms with Crippen LogP contribution in [0.3, 0.4) is 0 Å². The van der Waals surface area contributed by atoms with Gasteiger partial charge in [-0.25, -0.2) is 9.59 Å². The highest BCUT2D eigenvalue weighted by molar-refractivity contribution is 6.30. The molecule has 0 radical (unpaired) electrons. The van der Waals surface area contributed by atoms with Crippen molar-refractivity contribution < 1.29 is 19.1 Å². The first-order chi connectivity index (χ1) is 12.0. The summed E-state index contributed by atoms with van der Waals surface area (Å²) >= 11 is 5.87. The molecule has 0 saturated heterocycles. The van der Waals surface area contributed by atoms with Gasteiger partial charge in [-0.3, -0.25) is 10.1 Å². The second kappa shape index (κ2) is 8.84. The van der Waals surface area contributed by atoms with E-state index in [0.29, 0.717) is 17.1 Å². The van der Waals surface area contributed by atoms with Crippen molar-refractivity contribution in [3.63, 3.8) is 0 Å². The van der Waals surface area contributed by atoms with Crippen molar-refractivity contribution in [3.8, 4) is 0 Å². The van der Waals surface area contributed by atoms with E-state index in [0.717, 1.165) is 0 Å². The molecule has 0 unspecified atom stereocenters. The third-order valence-corrected chi connectivity index (χ3v) is 3.43. The van der Waals surface area contributed by atoms with Gasteiger partial charge in [0, 0.05) is 17.1 Å². The summed E-state index contributed by atoms with van der Waals surface area (Å²) in [7, 11) is 0. The summed E-state index contributed by atoms with van der Waals surface area (Å²) < 4.78 is 5.33. The summed E-state index contributed by atoms with van der Waals surface area (Å²) in [5.74, 6) is -1.46. The number of urea groups is 1. The Morgan fingerprint density at radius 2 is 1.80 bits per heavy atom. The third kappa shape index (κ3) is 5.32. The second-order valence-electron chi connectivity index (χ2n) is 5.06. The number of carbonyl (C=O) groups excluding carboxylic acids is 3. The number of hydrogen-bond acceptors (Lipinski definition) is 4. The van der Waals surface area contributed by atoms with Crippen LogP contribution in [-0.4, -0.2) is 24.5 Å². The Morgan fingerprint density at radius 3 is 2.44 bits per heavy atom. The highest BCUT2D eigenvalue weighted by Gasteiger charge is 2.27. The summed E-state index contributed by atoms with van der Waals surface area (Å²) in [6.45, 7) is 2.08. The van der Waals surface area contributed by atoms with Gasteiger partial charge in [0.15, 0.2) is 0 Å². The standard InChI is InChI=1S/C18H17ClN2O4/c1-2-20-18(24)21-16(22)15(12-7-4-3-5-8-12)25-17(23)13-9-6-10-14(19)11-13/h3-11,15H,2H2,1H3,(H2,20,21,22,24)/t15-/m1/s1. The zero-order chi connectivity index (χ0) is 18.2. The summed E-state index contributed by atoms with van der Waals surface area (Å²) in [5, 5.41) is 4.97. The summed E-state index contributed by atoms with van der Waals surface area (Å²) in [6.07, 6.45) is -1.27. The van der Waals surface area contributed by atoms with Crippen LogP contribution in [0.5, 0.6) is 0 Å². The topological polar surface area (TPSA) is 84.5 Å². The van der Waals surface area contributed by atoms with Crippen LogP contribution in [0.1, 0.15) is 28.9 Å². The zero-order valence-electron chi connectivity index (χ0n) is 13.5. The van der Waals surface area contributed by atoms with E-state index >= 15 is 0 Å². The highest BCUT2D eigenvalue weighted by Crippen LogP contribution is 2.20. The first kappa shape index (κ1) is 18.5. The number of halogens is 1. The maximum Gasteiger partial charge on any atom is 0.339 e. The minimum Gasteiger partial charge on any atom is -0.444 e. The average molecular weight is 361 g/mol. The molecule has 2 aromatic rings. The summed E-state index contributed by atoms with van der Waals surface area (Å²) in [5.41, 5.74) is 0.652. The molecular weight excluding hydrogens is 344 g/mol. The van der Waals surface area contributed by atoms with E-state index in [1.165, 1.54) is 12.1 Å². The Balaban J connectivity index is 2.21. The minimum atomic E-state index is -1.27. The maximum atomic E-state index is 12.4. The number of imide groups is 1. The van der Waals surface area contributed by atoms with Gasteiger partial charge in [0.05, 0.1) is 5.56 Å². The zero-order valence-corrected chi connectivity index (χ0v) is 14.2. The van der Waals surface area contributed by atoms with E-state index < -0.39 is 24.0 Å². The first-order valence-electron chi connectivity index (χ1n) is 7.61. The number of amides is 3. The molecule has 1 atom stereocenters. The number of rotatable bonds is 5. The molecule has 7 heteroatoms. The van der Waals surface area contributed by atoms with Crippen molar-refractivity contribution in [2.75, 3.05) is 6.54 Å². The van der Waals surface area contributed by atoms with Crippen molar-refractivity contribution >= 4 is 29.5 Å².